The van der Waals surface area contributed by atoms with E-state index in [9.17, 15) is 0 Å². The van der Waals surface area contributed by atoms with E-state index in [0.29, 0.717) is 4.71 Å². The average Bonchev–Trinajstić information content (AvgIpc) is 2.33. The Kier molecular flexibility index (Phi) is 3.63. The van der Waals surface area contributed by atoms with Gasteiger partial charge in [-0.1, -0.05) is 0 Å². The molecule has 2 aromatic carbocycles. The van der Waals surface area contributed by atoms with Crippen LogP contribution >= 0.6 is 0 Å². The fourth-order valence-electron chi connectivity index (χ4n) is 1.82. The Morgan fingerprint density at radius 2 is 1.13 bits per heavy atom. The summed E-state index contributed by atoms with van der Waals surface area (Å²) >= 11 is 0.0530. The third-order valence-corrected chi connectivity index (χ3v) is 5.16. The van der Waals surface area contributed by atoms with Gasteiger partial charge in [-0.25, -0.2) is 0 Å². The summed E-state index contributed by atoms with van der Waals surface area (Å²) in [6, 6.07) is 21.7. The van der Waals surface area contributed by atoms with E-state index in [-0.39, 0.29) is 15.8 Å². The SMILES string of the molecule is C[AsH]C(c1ccccc1)c1ccccc1. The summed E-state index contributed by atoms with van der Waals surface area (Å²) in [5.74, 6) is 0. The van der Waals surface area contributed by atoms with Gasteiger partial charge >= 0.3 is 98.0 Å². The van der Waals surface area contributed by atoms with E-state index in [2.05, 4.69) is 66.4 Å². The molecular formula is C14H15As. The van der Waals surface area contributed by atoms with Crippen molar-refractivity contribution in [3.05, 3.63) is 71.8 Å². The Morgan fingerprint density at radius 3 is 1.47 bits per heavy atom. The Labute approximate surface area is 98.0 Å². The van der Waals surface area contributed by atoms with Crippen molar-refractivity contribution in [3.63, 3.8) is 0 Å². The summed E-state index contributed by atoms with van der Waals surface area (Å²) in [5, 5.41) is 0. The number of hydrogen-bond donors (Lipinski definition) is 0. The van der Waals surface area contributed by atoms with Gasteiger partial charge in [-0.3, -0.25) is 0 Å². The van der Waals surface area contributed by atoms with Gasteiger partial charge in [-0.05, 0) is 0 Å². The molecule has 76 valence electrons. The van der Waals surface area contributed by atoms with Gasteiger partial charge < -0.3 is 0 Å². The van der Waals surface area contributed by atoms with Crippen LogP contribution in [-0.4, -0.2) is 15.8 Å². The van der Waals surface area contributed by atoms with Crippen LogP contribution in [0.4, 0.5) is 0 Å². The molecule has 0 aromatic heterocycles. The van der Waals surface area contributed by atoms with E-state index in [1.165, 1.54) is 11.1 Å². The van der Waals surface area contributed by atoms with Gasteiger partial charge in [0.25, 0.3) is 0 Å². The second-order valence-electron chi connectivity index (χ2n) is 3.54. The molecule has 0 radical (unpaired) electrons. The minimum atomic E-state index is 0.0530. The zero-order valence-electron chi connectivity index (χ0n) is 8.85. The maximum absolute atomic E-state index is 2.37. The van der Waals surface area contributed by atoms with Crippen molar-refractivity contribution in [2.75, 3.05) is 0 Å². The molecule has 0 bridgehead atoms. The molecule has 2 aromatic rings. The fourth-order valence-corrected chi connectivity index (χ4v) is 4.02. The van der Waals surface area contributed by atoms with Crippen LogP contribution in [0.5, 0.6) is 0 Å². The monoisotopic (exact) mass is 258 g/mol. The molecule has 0 amide bonds. The molecule has 0 aliphatic rings. The summed E-state index contributed by atoms with van der Waals surface area (Å²) < 4.78 is 0.660. The second-order valence-corrected chi connectivity index (χ2v) is 5.97. The molecule has 0 aliphatic carbocycles. The molecule has 0 heterocycles. The Morgan fingerprint density at radius 1 is 0.733 bits per heavy atom. The van der Waals surface area contributed by atoms with Crippen LogP contribution in [0.15, 0.2) is 60.7 Å². The summed E-state index contributed by atoms with van der Waals surface area (Å²) in [6.45, 7) is 0. The fraction of sp³-hybridized carbons (Fsp3) is 0.143. The van der Waals surface area contributed by atoms with Crippen molar-refractivity contribution >= 4 is 15.8 Å². The number of rotatable bonds is 3. The van der Waals surface area contributed by atoms with Gasteiger partial charge in [-0.15, -0.1) is 0 Å². The summed E-state index contributed by atoms with van der Waals surface area (Å²) in [5.41, 5.74) is 5.29. The van der Waals surface area contributed by atoms with Gasteiger partial charge in [0.15, 0.2) is 0 Å². The maximum atomic E-state index is 2.37. The second kappa shape index (κ2) is 5.18. The molecule has 0 fully saturated rings. The molecule has 1 unspecified atom stereocenters. The number of benzene rings is 2. The van der Waals surface area contributed by atoms with Crippen molar-refractivity contribution < 1.29 is 0 Å². The van der Waals surface area contributed by atoms with Crippen LogP contribution in [0.3, 0.4) is 0 Å². The van der Waals surface area contributed by atoms with Crippen molar-refractivity contribution in [1.29, 1.82) is 0 Å². The van der Waals surface area contributed by atoms with Gasteiger partial charge in [-0.2, -0.15) is 0 Å². The third-order valence-electron chi connectivity index (χ3n) is 2.55. The Balaban J connectivity index is 2.34. The predicted octanol–water partition coefficient (Wildman–Crippen LogP) is 3.26. The molecule has 2 rings (SSSR count). The van der Waals surface area contributed by atoms with Crippen LogP contribution in [0, 0.1) is 0 Å². The molecule has 0 N–H and O–H groups in total. The van der Waals surface area contributed by atoms with Crippen molar-refractivity contribution in [1.82, 2.24) is 0 Å². The van der Waals surface area contributed by atoms with E-state index in [1.807, 2.05) is 0 Å². The van der Waals surface area contributed by atoms with Crippen molar-refractivity contribution in [3.8, 4) is 0 Å². The van der Waals surface area contributed by atoms with Crippen LogP contribution in [0.2, 0.25) is 5.71 Å². The Hall–Kier alpha value is -1.00. The summed E-state index contributed by atoms with van der Waals surface area (Å²) in [6.07, 6.45) is 0. The van der Waals surface area contributed by atoms with Crippen LogP contribution in [-0.2, 0) is 0 Å². The topological polar surface area (TPSA) is 0 Å². The third kappa shape index (κ3) is 2.52. The van der Waals surface area contributed by atoms with Crippen molar-refractivity contribution in [2.24, 2.45) is 0 Å². The standard InChI is InChI=1S/C14H15As/c1-15-14(12-8-4-2-5-9-12)13-10-6-3-7-11-13/h2-11,14-15H,1H3. The van der Waals surface area contributed by atoms with Crippen molar-refractivity contribution in [2.45, 2.75) is 10.4 Å². The average molecular weight is 258 g/mol. The molecule has 1 atom stereocenters. The Bertz CT molecular complexity index is 355. The van der Waals surface area contributed by atoms with E-state index < -0.39 is 0 Å². The van der Waals surface area contributed by atoms with Gasteiger partial charge in [0.2, 0.25) is 0 Å². The summed E-state index contributed by atoms with van der Waals surface area (Å²) in [7, 11) is 0. The molecule has 0 saturated carbocycles. The van der Waals surface area contributed by atoms with Crippen LogP contribution in [0.25, 0.3) is 0 Å². The quantitative estimate of drug-likeness (QED) is 0.741. The summed E-state index contributed by atoms with van der Waals surface area (Å²) in [4.78, 5) is 0. The van der Waals surface area contributed by atoms with Gasteiger partial charge in [0.1, 0.15) is 0 Å². The first-order valence-electron chi connectivity index (χ1n) is 5.19. The molecule has 1 heteroatoms. The molecule has 0 nitrogen and oxygen atoms in total. The van der Waals surface area contributed by atoms with E-state index >= 15 is 0 Å². The molecular weight excluding hydrogens is 243 g/mol. The van der Waals surface area contributed by atoms with E-state index in [1.54, 1.807) is 0 Å². The predicted molar refractivity (Wildman–Crippen MR) is 67.7 cm³/mol. The molecule has 0 spiro atoms. The van der Waals surface area contributed by atoms with Crippen LogP contribution < -0.4 is 0 Å². The van der Waals surface area contributed by atoms with Gasteiger partial charge in [0.05, 0.1) is 0 Å². The van der Waals surface area contributed by atoms with Gasteiger partial charge in [0, 0.05) is 0 Å². The van der Waals surface area contributed by atoms with E-state index in [4.69, 9.17) is 0 Å². The van der Waals surface area contributed by atoms with Crippen LogP contribution in [0.1, 0.15) is 15.8 Å². The number of hydrogen-bond acceptors (Lipinski definition) is 0. The molecule has 0 saturated heterocycles. The first kappa shape index (κ1) is 10.5. The normalized spacial score (nSPS) is 11.3. The first-order valence-corrected chi connectivity index (χ1v) is 8.50. The minimum absolute atomic E-state index is 0.0530. The van der Waals surface area contributed by atoms with E-state index in [0.717, 1.165) is 0 Å². The first-order chi connectivity index (χ1) is 7.42. The zero-order chi connectivity index (χ0) is 10.5. The zero-order valence-corrected chi connectivity index (χ0v) is 10.9. The molecule has 0 aliphatic heterocycles. The molecule has 15 heavy (non-hydrogen) atoms.